The molecule has 0 radical (unpaired) electrons. The minimum Gasteiger partial charge on any atom is -0.311 e. The lowest BCUT2D eigenvalue weighted by Crippen LogP contribution is -2.18. The average Bonchev–Trinajstić information content (AvgIpc) is 2.86. The lowest BCUT2D eigenvalue weighted by molar-refractivity contribution is 0.499. The quantitative estimate of drug-likeness (QED) is 0.848. The second-order valence-corrected chi connectivity index (χ2v) is 6.53. The van der Waals surface area contributed by atoms with E-state index >= 15 is 0 Å². The third-order valence-corrected chi connectivity index (χ3v) is 4.98. The maximum atomic E-state index is 4.80. The van der Waals surface area contributed by atoms with Crippen LogP contribution in [0.1, 0.15) is 53.4 Å². The number of aromatic nitrogens is 1. The number of hydrogen-bond acceptors (Lipinski definition) is 3. The van der Waals surface area contributed by atoms with Gasteiger partial charge in [-0.05, 0) is 38.3 Å². The fourth-order valence-electron chi connectivity index (χ4n) is 2.54. The monoisotopic (exact) mass is 288 g/mol. The zero-order valence-corrected chi connectivity index (χ0v) is 13.6. The van der Waals surface area contributed by atoms with E-state index in [1.165, 1.54) is 21.1 Å². The van der Waals surface area contributed by atoms with Gasteiger partial charge in [0.05, 0.1) is 11.7 Å². The fourth-order valence-corrected chi connectivity index (χ4v) is 3.67. The summed E-state index contributed by atoms with van der Waals surface area (Å²) >= 11 is 1.84. The third-order valence-electron chi connectivity index (χ3n) is 3.85. The van der Waals surface area contributed by atoms with E-state index in [2.05, 4.69) is 56.4 Å². The highest BCUT2D eigenvalue weighted by atomic mass is 32.1. The molecule has 0 amide bonds. The first-order chi connectivity index (χ1) is 9.65. The maximum Gasteiger partial charge on any atom is 0.110 e. The number of benzene rings is 1. The average molecular weight is 288 g/mol. The van der Waals surface area contributed by atoms with Crippen molar-refractivity contribution in [2.75, 3.05) is 7.05 Å². The van der Waals surface area contributed by atoms with Crippen LogP contribution in [0.4, 0.5) is 0 Å². The maximum absolute atomic E-state index is 4.80. The number of thiazole rings is 1. The van der Waals surface area contributed by atoms with Crippen LogP contribution in [0.3, 0.4) is 0 Å². The molecule has 0 bridgehead atoms. The highest BCUT2D eigenvalue weighted by molar-refractivity contribution is 7.11. The van der Waals surface area contributed by atoms with Gasteiger partial charge in [0.2, 0.25) is 0 Å². The van der Waals surface area contributed by atoms with Gasteiger partial charge in [-0.25, -0.2) is 4.98 Å². The van der Waals surface area contributed by atoms with Crippen LogP contribution in [-0.2, 0) is 6.42 Å². The molecule has 2 atom stereocenters. The molecular formula is C17H24N2S. The van der Waals surface area contributed by atoms with E-state index < -0.39 is 0 Å². The van der Waals surface area contributed by atoms with Crippen LogP contribution in [-0.4, -0.2) is 12.0 Å². The highest BCUT2D eigenvalue weighted by Crippen LogP contribution is 2.31. The molecule has 1 aromatic heterocycles. The van der Waals surface area contributed by atoms with Crippen LogP contribution in [0.15, 0.2) is 30.3 Å². The summed E-state index contributed by atoms with van der Waals surface area (Å²) in [7, 11) is 2.03. The van der Waals surface area contributed by atoms with Crippen molar-refractivity contribution < 1.29 is 0 Å². The predicted molar refractivity (Wildman–Crippen MR) is 87.5 cm³/mol. The molecule has 3 heteroatoms. The molecular weight excluding hydrogens is 264 g/mol. The first-order valence-electron chi connectivity index (χ1n) is 7.34. The van der Waals surface area contributed by atoms with Crippen molar-refractivity contribution in [3.05, 3.63) is 51.5 Å². The normalized spacial score (nSPS) is 14.2. The molecule has 1 heterocycles. The van der Waals surface area contributed by atoms with Gasteiger partial charge in [0.25, 0.3) is 0 Å². The highest BCUT2D eigenvalue weighted by Gasteiger charge is 2.19. The van der Waals surface area contributed by atoms with E-state index in [1.807, 2.05) is 18.4 Å². The van der Waals surface area contributed by atoms with E-state index in [4.69, 9.17) is 4.98 Å². The Kier molecular flexibility index (Phi) is 5.32. The predicted octanol–water partition coefficient (Wildman–Crippen LogP) is 4.47. The minimum atomic E-state index is 0.342. The van der Waals surface area contributed by atoms with Crippen molar-refractivity contribution in [3.8, 4) is 0 Å². The van der Waals surface area contributed by atoms with Gasteiger partial charge in [-0.1, -0.05) is 44.2 Å². The number of rotatable bonds is 6. The molecule has 108 valence electrons. The van der Waals surface area contributed by atoms with Crippen molar-refractivity contribution >= 4 is 11.3 Å². The Morgan fingerprint density at radius 1 is 1.25 bits per heavy atom. The minimum absolute atomic E-state index is 0.342. The summed E-state index contributed by atoms with van der Waals surface area (Å²) in [5, 5.41) is 4.66. The molecule has 1 N–H and O–H groups in total. The summed E-state index contributed by atoms with van der Waals surface area (Å²) in [6.45, 7) is 6.64. The molecule has 2 unspecified atom stereocenters. The van der Waals surface area contributed by atoms with Gasteiger partial charge in [-0.2, -0.15) is 0 Å². The number of hydrogen-bond donors (Lipinski definition) is 1. The Labute approximate surface area is 126 Å². The van der Waals surface area contributed by atoms with Gasteiger partial charge in [0, 0.05) is 4.88 Å². The molecule has 0 aliphatic rings. The molecule has 0 aliphatic carbocycles. The molecule has 0 aliphatic heterocycles. The lowest BCUT2D eigenvalue weighted by Gasteiger charge is -2.19. The molecule has 2 nitrogen and oxygen atoms in total. The SMILES string of the molecule is CCc1nc(C(CC(C)c2ccccc2)NC)sc1C. The molecule has 20 heavy (non-hydrogen) atoms. The Hall–Kier alpha value is -1.19. The van der Waals surface area contributed by atoms with Crippen molar-refractivity contribution in [2.24, 2.45) is 0 Å². The van der Waals surface area contributed by atoms with E-state index in [0.29, 0.717) is 12.0 Å². The van der Waals surface area contributed by atoms with Crippen LogP contribution in [0.2, 0.25) is 0 Å². The van der Waals surface area contributed by atoms with E-state index in [1.54, 1.807) is 0 Å². The van der Waals surface area contributed by atoms with Crippen LogP contribution in [0.25, 0.3) is 0 Å². The summed E-state index contributed by atoms with van der Waals surface area (Å²) < 4.78 is 0. The van der Waals surface area contributed by atoms with Gasteiger partial charge >= 0.3 is 0 Å². The number of aryl methyl sites for hydroxylation is 2. The number of nitrogens with zero attached hydrogens (tertiary/aromatic N) is 1. The summed E-state index contributed by atoms with van der Waals surface area (Å²) in [6.07, 6.45) is 2.10. The van der Waals surface area contributed by atoms with Gasteiger partial charge in [0.1, 0.15) is 5.01 Å². The van der Waals surface area contributed by atoms with E-state index in [0.717, 1.165) is 12.8 Å². The second-order valence-electron chi connectivity index (χ2n) is 5.30. The third kappa shape index (κ3) is 3.47. The number of nitrogens with one attached hydrogen (secondary N) is 1. The van der Waals surface area contributed by atoms with Gasteiger partial charge in [0.15, 0.2) is 0 Å². The standard InChI is InChI=1S/C17H24N2S/c1-5-15-13(3)20-17(19-15)16(18-4)11-12(2)14-9-7-6-8-10-14/h6-10,12,16,18H,5,11H2,1-4H3. The van der Waals surface area contributed by atoms with Crippen molar-refractivity contribution in [1.29, 1.82) is 0 Å². The molecule has 0 saturated carbocycles. The molecule has 2 rings (SSSR count). The van der Waals surface area contributed by atoms with Crippen LogP contribution in [0.5, 0.6) is 0 Å². The first kappa shape index (κ1) is 15.2. The van der Waals surface area contributed by atoms with Crippen LogP contribution >= 0.6 is 11.3 Å². The molecule has 0 saturated heterocycles. The molecule has 2 aromatic rings. The molecule has 0 spiro atoms. The zero-order valence-electron chi connectivity index (χ0n) is 12.8. The second kappa shape index (κ2) is 7.00. The van der Waals surface area contributed by atoms with Gasteiger partial charge < -0.3 is 5.32 Å². The van der Waals surface area contributed by atoms with Crippen LogP contribution in [0, 0.1) is 6.92 Å². The summed E-state index contributed by atoms with van der Waals surface area (Å²) in [4.78, 5) is 6.16. The Morgan fingerprint density at radius 2 is 1.95 bits per heavy atom. The van der Waals surface area contributed by atoms with Gasteiger partial charge in [-0.3, -0.25) is 0 Å². The largest absolute Gasteiger partial charge is 0.311 e. The molecule has 1 aromatic carbocycles. The summed E-state index contributed by atoms with van der Waals surface area (Å²) in [5.74, 6) is 0.530. The molecule has 0 fully saturated rings. The Bertz CT molecular complexity index is 533. The summed E-state index contributed by atoms with van der Waals surface area (Å²) in [6, 6.07) is 11.1. The van der Waals surface area contributed by atoms with E-state index in [-0.39, 0.29) is 0 Å². The first-order valence-corrected chi connectivity index (χ1v) is 8.15. The summed E-state index contributed by atoms with van der Waals surface area (Å²) in [5.41, 5.74) is 2.65. The lowest BCUT2D eigenvalue weighted by atomic mass is 9.94. The van der Waals surface area contributed by atoms with Crippen molar-refractivity contribution in [2.45, 2.75) is 45.6 Å². The topological polar surface area (TPSA) is 24.9 Å². The zero-order chi connectivity index (χ0) is 14.5. The fraction of sp³-hybridized carbons (Fsp3) is 0.471. The Balaban J connectivity index is 2.12. The van der Waals surface area contributed by atoms with Crippen molar-refractivity contribution in [3.63, 3.8) is 0 Å². The van der Waals surface area contributed by atoms with Crippen LogP contribution < -0.4 is 5.32 Å². The smallest absolute Gasteiger partial charge is 0.110 e. The van der Waals surface area contributed by atoms with Gasteiger partial charge in [-0.15, -0.1) is 11.3 Å². The Morgan fingerprint density at radius 3 is 2.50 bits per heavy atom. The van der Waals surface area contributed by atoms with E-state index in [9.17, 15) is 0 Å². The van der Waals surface area contributed by atoms with Crippen molar-refractivity contribution in [1.82, 2.24) is 10.3 Å².